The van der Waals surface area contributed by atoms with E-state index in [1.807, 2.05) is 0 Å². The number of benzene rings is 3. The number of ether oxygens (including phenoxy) is 3. The number of aromatic hydroxyl groups is 1. The maximum absolute atomic E-state index is 12.5. The van der Waals surface area contributed by atoms with Crippen molar-refractivity contribution in [2.75, 3.05) is 26.6 Å². The number of hydrogen-bond donors (Lipinski definition) is 2. The third-order valence-electron chi connectivity index (χ3n) is 5.01. The molecule has 9 nitrogen and oxygen atoms in total. The smallest absolute Gasteiger partial charge is 0.276 e. The van der Waals surface area contributed by atoms with E-state index in [-0.39, 0.29) is 22.7 Å². The van der Waals surface area contributed by atoms with Gasteiger partial charge in [0.2, 0.25) is 11.7 Å². The van der Waals surface area contributed by atoms with Crippen LogP contribution in [0, 0.1) is 10.1 Å². The van der Waals surface area contributed by atoms with Gasteiger partial charge in [0, 0.05) is 17.7 Å². The number of hydrogen-bond acceptors (Lipinski definition) is 7. The number of nitro groups is 1. The second kappa shape index (κ2) is 11.4. The van der Waals surface area contributed by atoms with Crippen LogP contribution >= 0.6 is 0 Å². The van der Waals surface area contributed by atoms with Gasteiger partial charge in [0.05, 0.1) is 37.5 Å². The van der Waals surface area contributed by atoms with Gasteiger partial charge in [-0.25, -0.2) is 0 Å². The Morgan fingerprint density at radius 2 is 1.57 bits per heavy atom. The van der Waals surface area contributed by atoms with Crippen LogP contribution in [0.15, 0.2) is 60.7 Å². The fraction of sp³-hybridized carbons (Fsp3) is 0.115. The average molecular weight is 476 g/mol. The zero-order valence-electron chi connectivity index (χ0n) is 19.3. The fourth-order valence-corrected chi connectivity index (χ4v) is 3.34. The molecule has 0 atom stereocenters. The molecule has 0 aliphatic carbocycles. The summed E-state index contributed by atoms with van der Waals surface area (Å²) >= 11 is 0. The Kier molecular flexibility index (Phi) is 8.07. The van der Waals surface area contributed by atoms with Gasteiger partial charge in [-0.05, 0) is 35.9 Å². The number of phenols is 1. The third kappa shape index (κ3) is 5.97. The van der Waals surface area contributed by atoms with Crippen molar-refractivity contribution < 1.29 is 29.0 Å². The molecule has 9 heteroatoms. The van der Waals surface area contributed by atoms with E-state index in [0.29, 0.717) is 22.8 Å². The lowest BCUT2D eigenvalue weighted by atomic mass is 10.1. The Morgan fingerprint density at radius 3 is 2.20 bits per heavy atom. The first kappa shape index (κ1) is 24.8. The Balaban J connectivity index is 1.87. The van der Waals surface area contributed by atoms with Gasteiger partial charge in [-0.1, -0.05) is 36.4 Å². The normalized spacial score (nSPS) is 10.9. The molecule has 0 saturated heterocycles. The van der Waals surface area contributed by atoms with Gasteiger partial charge in [0.1, 0.15) is 5.75 Å². The van der Waals surface area contributed by atoms with Crippen molar-refractivity contribution in [1.82, 2.24) is 0 Å². The number of amides is 1. The lowest BCUT2D eigenvalue weighted by Gasteiger charge is -2.13. The van der Waals surface area contributed by atoms with Crippen LogP contribution in [0.2, 0.25) is 0 Å². The van der Waals surface area contributed by atoms with E-state index in [4.69, 9.17) is 14.2 Å². The van der Waals surface area contributed by atoms with Gasteiger partial charge in [0.15, 0.2) is 11.5 Å². The second-order valence-electron chi connectivity index (χ2n) is 7.17. The summed E-state index contributed by atoms with van der Waals surface area (Å²) in [6.45, 7) is 0. The predicted molar refractivity (Wildman–Crippen MR) is 134 cm³/mol. The van der Waals surface area contributed by atoms with Crippen molar-refractivity contribution in [3.8, 4) is 23.0 Å². The highest BCUT2D eigenvalue weighted by Gasteiger charge is 2.13. The Bertz CT molecular complexity index is 1270. The van der Waals surface area contributed by atoms with Gasteiger partial charge in [0.25, 0.3) is 5.69 Å². The highest BCUT2D eigenvalue weighted by Crippen LogP contribution is 2.39. The molecule has 0 bridgehead atoms. The molecular formula is C26H24N2O7. The van der Waals surface area contributed by atoms with Crippen LogP contribution in [0.3, 0.4) is 0 Å². The number of para-hydroxylation sites is 2. The largest absolute Gasteiger partial charge is 0.506 e. The molecule has 0 aliphatic rings. The third-order valence-corrected chi connectivity index (χ3v) is 5.01. The average Bonchev–Trinajstić information content (AvgIpc) is 2.87. The number of anilines is 1. The summed E-state index contributed by atoms with van der Waals surface area (Å²) in [5.41, 5.74) is 1.62. The van der Waals surface area contributed by atoms with Crippen molar-refractivity contribution in [1.29, 1.82) is 0 Å². The number of carbonyl (C=O) groups excluding carboxylic acids is 1. The van der Waals surface area contributed by atoms with Crippen molar-refractivity contribution in [3.05, 3.63) is 87.5 Å². The van der Waals surface area contributed by atoms with E-state index in [1.54, 1.807) is 48.6 Å². The molecule has 0 unspecified atom stereocenters. The van der Waals surface area contributed by atoms with Gasteiger partial charge in [-0.15, -0.1) is 0 Å². The molecule has 35 heavy (non-hydrogen) atoms. The number of methoxy groups -OCH3 is 3. The van der Waals surface area contributed by atoms with E-state index in [9.17, 15) is 20.0 Å². The summed E-state index contributed by atoms with van der Waals surface area (Å²) in [5, 5.41) is 24.1. The number of nitrogens with one attached hydrogen (secondary N) is 1. The molecule has 3 aromatic carbocycles. The minimum Gasteiger partial charge on any atom is -0.506 e. The zero-order valence-corrected chi connectivity index (χ0v) is 19.3. The summed E-state index contributed by atoms with van der Waals surface area (Å²) in [6, 6.07) is 14.4. The van der Waals surface area contributed by atoms with Crippen molar-refractivity contribution in [2.45, 2.75) is 0 Å². The quantitative estimate of drug-likeness (QED) is 0.144. The standard InChI is InChI=1S/C26H24N2O7/c1-33-22-15-17(16-23(34-2)26(22)35-3)11-12-19-8-6-10-21(29)25(19)27-24(30)14-13-18-7-4-5-9-20(18)28(31)32/h4-16,29H,1-3H3,(H,27,30)/b12-11?,14-13+. The zero-order chi connectivity index (χ0) is 25.4. The molecule has 0 fully saturated rings. The van der Waals surface area contributed by atoms with E-state index >= 15 is 0 Å². The number of nitrogens with zero attached hydrogens (tertiary/aromatic N) is 1. The van der Waals surface area contributed by atoms with Crippen LogP contribution in [-0.4, -0.2) is 37.3 Å². The number of rotatable bonds is 9. The fourth-order valence-electron chi connectivity index (χ4n) is 3.34. The monoisotopic (exact) mass is 476 g/mol. The van der Waals surface area contributed by atoms with E-state index in [2.05, 4.69) is 5.32 Å². The Morgan fingerprint density at radius 1 is 0.914 bits per heavy atom. The van der Waals surface area contributed by atoms with Crippen LogP contribution in [0.5, 0.6) is 23.0 Å². The van der Waals surface area contributed by atoms with Gasteiger partial charge < -0.3 is 24.6 Å². The number of phenolic OH excluding ortho intramolecular Hbond substituents is 1. The molecule has 0 saturated carbocycles. The van der Waals surface area contributed by atoms with Crippen molar-refractivity contribution in [3.63, 3.8) is 0 Å². The van der Waals surface area contributed by atoms with E-state index in [1.165, 1.54) is 51.7 Å². The van der Waals surface area contributed by atoms with E-state index < -0.39 is 10.8 Å². The van der Waals surface area contributed by atoms with Crippen LogP contribution < -0.4 is 19.5 Å². The summed E-state index contributed by atoms with van der Waals surface area (Å²) in [7, 11) is 4.55. The summed E-state index contributed by atoms with van der Waals surface area (Å²) in [5.74, 6) is 0.728. The summed E-state index contributed by atoms with van der Waals surface area (Å²) in [4.78, 5) is 23.2. The minimum absolute atomic E-state index is 0.118. The van der Waals surface area contributed by atoms with Crippen molar-refractivity contribution >= 4 is 35.5 Å². The molecular weight excluding hydrogens is 452 g/mol. The second-order valence-corrected chi connectivity index (χ2v) is 7.17. The SMILES string of the molecule is COc1cc(C=Cc2cccc(O)c2NC(=O)/C=C/c2ccccc2[N+](=O)[O-])cc(OC)c1OC. The van der Waals surface area contributed by atoms with Crippen LogP contribution in [-0.2, 0) is 4.79 Å². The lowest BCUT2D eigenvalue weighted by molar-refractivity contribution is -0.385. The minimum atomic E-state index is -0.563. The van der Waals surface area contributed by atoms with Crippen LogP contribution in [0.4, 0.5) is 11.4 Å². The van der Waals surface area contributed by atoms with Gasteiger partial charge in [-0.3, -0.25) is 14.9 Å². The molecule has 1 amide bonds. The predicted octanol–water partition coefficient (Wildman–Crippen LogP) is 5.15. The Hall–Kier alpha value is -4.79. The first-order valence-corrected chi connectivity index (χ1v) is 10.4. The molecule has 3 rings (SSSR count). The first-order chi connectivity index (χ1) is 16.9. The van der Waals surface area contributed by atoms with Crippen LogP contribution in [0.1, 0.15) is 16.7 Å². The topological polar surface area (TPSA) is 120 Å². The number of carbonyl (C=O) groups is 1. The van der Waals surface area contributed by atoms with Gasteiger partial charge in [-0.2, -0.15) is 0 Å². The maximum Gasteiger partial charge on any atom is 0.276 e. The van der Waals surface area contributed by atoms with E-state index in [0.717, 1.165) is 5.56 Å². The highest BCUT2D eigenvalue weighted by molar-refractivity contribution is 6.04. The first-order valence-electron chi connectivity index (χ1n) is 10.4. The molecule has 180 valence electrons. The number of nitro benzene ring substituents is 1. The molecule has 0 aliphatic heterocycles. The molecule has 0 radical (unpaired) electrons. The summed E-state index contributed by atoms with van der Waals surface area (Å²) in [6.07, 6.45) is 5.99. The molecule has 2 N–H and O–H groups in total. The molecule has 0 heterocycles. The molecule has 0 spiro atoms. The maximum atomic E-state index is 12.5. The highest BCUT2D eigenvalue weighted by atomic mass is 16.6. The molecule has 3 aromatic rings. The Labute approximate surface area is 202 Å². The van der Waals surface area contributed by atoms with Gasteiger partial charge >= 0.3 is 0 Å². The van der Waals surface area contributed by atoms with Crippen LogP contribution in [0.25, 0.3) is 18.2 Å². The lowest BCUT2D eigenvalue weighted by Crippen LogP contribution is -2.09. The molecule has 0 aromatic heterocycles. The van der Waals surface area contributed by atoms with Crippen molar-refractivity contribution in [2.24, 2.45) is 0 Å². The summed E-state index contributed by atoms with van der Waals surface area (Å²) < 4.78 is 16.1.